The van der Waals surface area contributed by atoms with Gasteiger partial charge in [0.25, 0.3) is 0 Å². The number of anilines is 1. The second-order valence-corrected chi connectivity index (χ2v) is 3.65. The second kappa shape index (κ2) is 5.34. The molecule has 0 aliphatic carbocycles. The molecule has 0 fully saturated rings. The molecule has 0 radical (unpaired) electrons. The molecule has 0 heterocycles. The van der Waals surface area contributed by atoms with Gasteiger partial charge in [0, 0.05) is 19.8 Å². The summed E-state index contributed by atoms with van der Waals surface area (Å²) in [5.41, 5.74) is 1.37. The van der Waals surface area contributed by atoms with Crippen LogP contribution in [0, 0.1) is 0 Å². The van der Waals surface area contributed by atoms with Crippen molar-refractivity contribution in [2.45, 2.75) is 0 Å². The molecule has 1 rings (SSSR count). The summed E-state index contributed by atoms with van der Waals surface area (Å²) >= 11 is 0. The van der Waals surface area contributed by atoms with Gasteiger partial charge in [-0.2, -0.15) is 0 Å². The minimum absolute atomic E-state index is 0.319. The lowest BCUT2D eigenvalue weighted by Crippen LogP contribution is -2.13. The molecule has 0 amide bonds. The average molecular weight is 237 g/mol. The predicted octanol–water partition coefficient (Wildman–Crippen LogP) is 1.33. The number of nitrogens with zero attached hydrogens (tertiary/aromatic N) is 1. The Hall–Kier alpha value is -2.04. The number of esters is 2. The van der Waals surface area contributed by atoms with Crippen molar-refractivity contribution in [2.75, 3.05) is 33.2 Å². The first-order chi connectivity index (χ1) is 7.99. The van der Waals surface area contributed by atoms with Crippen molar-refractivity contribution in [3.63, 3.8) is 0 Å². The fourth-order valence-electron chi connectivity index (χ4n) is 1.34. The quantitative estimate of drug-likeness (QED) is 0.742. The fraction of sp³-hybridized carbons (Fsp3) is 0.333. The Morgan fingerprint density at radius 3 is 1.65 bits per heavy atom. The van der Waals surface area contributed by atoms with Gasteiger partial charge in [0.05, 0.1) is 25.3 Å². The third-order valence-corrected chi connectivity index (χ3v) is 2.28. The van der Waals surface area contributed by atoms with Gasteiger partial charge in [-0.3, -0.25) is 0 Å². The lowest BCUT2D eigenvalue weighted by Gasteiger charge is -2.14. The van der Waals surface area contributed by atoms with Gasteiger partial charge < -0.3 is 14.4 Å². The first kappa shape index (κ1) is 13.0. The van der Waals surface area contributed by atoms with Crippen molar-refractivity contribution < 1.29 is 19.1 Å². The third kappa shape index (κ3) is 2.96. The van der Waals surface area contributed by atoms with Gasteiger partial charge >= 0.3 is 11.9 Å². The van der Waals surface area contributed by atoms with E-state index in [4.69, 9.17) is 0 Å². The van der Waals surface area contributed by atoms with Crippen LogP contribution in [0.5, 0.6) is 0 Å². The van der Waals surface area contributed by atoms with Crippen LogP contribution in [0.4, 0.5) is 5.69 Å². The van der Waals surface area contributed by atoms with Crippen molar-refractivity contribution in [2.24, 2.45) is 0 Å². The molecular formula is C12H15NO4. The molecule has 1 aromatic carbocycles. The molecular weight excluding hydrogens is 222 g/mol. The zero-order valence-corrected chi connectivity index (χ0v) is 10.3. The lowest BCUT2D eigenvalue weighted by molar-refractivity contribution is 0.0599. The van der Waals surface area contributed by atoms with Gasteiger partial charge in [-0.05, 0) is 18.2 Å². The van der Waals surface area contributed by atoms with Crippen LogP contribution in [0.25, 0.3) is 0 Å². The maximum absolute atomic E-state index is 11.5. The molecule has 0 saturated heterocycles. The van der Waals surface area contributed by atoms with Gasteiger partial charge in [0.2, 0.25) is 0 Å². The van der Waals surface area contributed by atoms with Crippen LogP contribution in [0.3, 0.4) is 0 Å². The van der Waals surface area contributed by atoms with Gasteiger partial charge in [-0.1, -0.05) is 0 Å². The average Bonchev–Trinajstić information content (AvgIpc) is 2.36. The van der Waals surface area contributed by atoms with Crippen LogP contribution in [0.1, 0.15) is 20.7 Å². The molecule has 5 nitrogen and oxygen atoms in total. The van der Waals surface area contributed by atoms with Gasteiger partial charge in [0.15, 0.2) is 0 Å². The van der Waals surface area contributed by atoms with Gasteiger partial charge in [-0.15, -0.1) is 0 Å². The summed E-state index contributed by atoms with van der Waals surface area (Å²) in [6.45, 7) is 0. The fourth-order valence-corrected chi connectivity index (χ4v) is 1.34. The van der Waals surface area contributed by atoms with Crippen LogP contribution >= 0.6 is 0 Å². The monoisotopic (exact) mass is 237 g/mol. The van der Waals surface area contributed by atoms with E-state index < -0.39 is 11.9 Å². The number of hydrogen-bond acceptors (Lipinski definition) is 5. The van der Waals surface area contributed by atoms with E-state index in [1.807, 2.05) is 14.1 Å². The van der Waals surface area contributed by atoms with Crippen molar-refractivity contribution in [1.29, 1.82) is 0 Å². The Labute approximate surface area is 99.9 Å². The van der Waals surface area contributed by atoms with Crippen LogP contribution in [0.2, 0.25) is 0 Å². The first-order valence-electron chi connectivity index (χ1n) is 4.98. The molecule has 92 valence electrons. The number of benzene rings is 1. The topological polar surface area (TPSA) is 55.8 Å². The maximum atomic E-state index is 11.5. The highest BCUT2D eigenvalue weighted by molar-refractivity contribution is 5.97. The molecule has 0 aliphatic rings. The minimum Gasteiger partial charge on any atom is -0.465 e. The summed E-state index contributed by atoms with van der Waals surface area (Å²) in [5, 5.41) is 0. The largest absolute Gasteiger partial charge is 0.465 e. The van der Waals surface area contributed by atoms with Crippen molar-refractivity contribution in [3.8, 4) is 0 Å². The highest BCUT2D eigenvalue weighted by atomic mass is 16.5. The first-order valence-corrected chi connectivity index (χ1v) is 4.98. The van der Waals surface area contributed by atoms with Crippen molar-refractivity contribution in [1.82, 2.24) is 0 Å². The van der Waals surface area contributed by atoms with Gasteiger partial charge in [-0.25, -0.2) is 9.59 Å². The van der Waals surface area contributed by atoms with E-state index in [1.165, 1.54) is 20.3 Å². The molecule has 0 saturated carbocycles. The Morgan fingerprint density at radius 1 is 0.941 bits per heavy atom. The van der Waals surface area contributed by atoms with E-state index in [9.17, 15) is 9.59 Å². The van der Waals surface area contributed by atoms with Crippen LogP contribution in [0.15, 0.2) is 18.2 Å². The van der Waals surface area contributed by atoms with Crippen LogP contribution < -0.4 is 4.90 Å². The minimum atomic E-state index is -0.487. The van der Waals surface area contributed by atoms with Crippen LogP contribution in [-0.4, -0.2) is 40.3 Å². The maximum Gasteiger partial charge on any atom is 0.337 e. The molecule has 0 atom stereocenters. The highest BCUT2D eigenvalue weighted by Gasteiger charge is 2.14. The summed E-state index contributed by atoms with van der Waals surface area (Å²) in [6, 6.07) is 4.75. The zero-order chi connectivity index (χ0) is 13.0. The van der Waals surface area contributed by atoms with Crippen molar-refractivity contribution in [3.05, 3.63) is 29.3 Å². The van der Waals surface area contributed by atoms with Crippen LogP contribution in [-0.2, 0) is 9.47 Å². The van der Waals surface area contributed by atoms with E-state index in [0.717, 1.165) is 5.69 Å². The Balaban J connectivity index is 3.28. The SMILES string of the molecule is COC(=O)c1cc(C(=O)OC)cc(N(C)C)c1. The Bertz CT molecular complexity index is 406. The Morgan fingerprint density at radius 2 is 1.35 bits per heavy atom. The Kier molecular flexibility index (Phi) is 4.09. The van der Waals surface area contributed by atoms with Crippen molar-refractivity contribution >= 4 is 17.6 Å². The van der Waals surface area contributed by atoms with E-state index in [-0.39, 0.29) is 0 Å². The lowest BCUT2D eigenvalue weighted by atomic mass is 10.1. The highest BCUT2D eigenvalue weighted by Crippen LogP contribution is 2.18. The summed E-state index contributed by atoms with van der Waals surface area (Å²) in [4.78, 5) is 24.7. The van der Waals surface area contributed by atoms with E-state index in [0.29, 0.717) is 11.1 Å². The summed E-state index contributed by atoms with van der Waals surface area (Å²) < 4.78 is 9.26. The molecule has 0 aromatic heterocycles. The number of ether oxygens (including phenoxy) is 2. The zero-order valence-electron chi connectivity index (χ0n) is 10.3. The van der Waals surface area contributed by atoms with E-state index in [1.54, 1.807) is 17.0 Å². The number of hydrogen-bond donors (Lipinski definition) is 0. The number of carbonyl (C=O) groups is 2. The normalized spacial score (nSPS) is 9.65. The molecule has 0 unspecified atom stereocenters. The number of rotatable bonds is 3. The number of carbonyl (C=O) groups excluding carboxylic acids is 2. The molecule has 17 heavy (non-hydrogen) atoms. The van der Waals surface area contributed by atoms with Gasteiger partial charge in [0.1, 0.15) is 0 Å². The number of methoxy groups -OCH3 is 2. The second-order valence-electron chi connectivity index (χ2n) is 3.65. The third-order valence-electron chi connectivity index (χ3n) is 2.28. The summed E-state index contributed by atoms with van der Waals surface area (Å²) in [7, 11) is 6.22. The summed E-state index contributed by atoms with van der Waals surface area (Å²) in [6.07, 6.45) is 0. The standard InChI is InChI=1S/C12H15NO4/c1-13(2)10-6-8(11(14)16-3)5-9(7-10)12(15)17-4/h5-7H,1-4H3. The molecule has 0 bridgehead atoms. The van der Waals surface area contributed by atoms with E-state index in [2.05, 4.69) is 9.47 Å². The molecule has 0 aliphatic heterocycles. The molecule has 0 N–H and O–H groups in total. The van der Waals surface area contributed by atoms with E-state index >= 15 is 0 Å². The molecule has 0 spiro atoms. The molecule has 5 heteroatoms. The summed E-state index contributed by atoms with van der Waals surface area (Å²) in [5.74, 6) is -0.974. The molecule has 1 aromatic rings. The smallest absolute Gasteiger partial charge is 0.337 e. The predicted molar refractivity (Wildman–Crippen MR) is 63.4 cm³/mol.